The van der Waals surface area contributed by atoms with Crippen molar-refractivity contribution in [1.82, 2.24) is 4.57 Å². The highest BCUT2D eigenvalue weighted by molar-refractivity contribution is 5.24. The van der Waals surface area contributed by atoms with E-state index in [1.165, 1.54) is 223 Å². The van der Waals surface area contributed by atoms with Crippen molar-refractivity contribution in [3.63, 3.8) is 0 Å². The number of rotatable bonds is 39. The summed E-state index contributed by atoms with van der Waals surface area (Å²) in [6.07, 6.45) is 52.5. The number of imidazole rings is 1. The van der Waals surface area contributed by atoms with E-state index in [0.29, 0.717) is 12.0 Å². The Morgan fingerprint density at radius 2 is 0.860 bits per heavy atom. The van der Waals surface area contributed by atoms with E-state index in [9.17, 15) is 0 Å². The van der Waals surface area contributed by atoms with Crippen molar-refractivity contribution in [3.05, 3.63) is 90.0 Å². The van der Waals surface area contributed by atoms with Crippen molar-refractivity contribution in [2.24, 2.45) is 0 Å². The van der Waals surface area contributed by atoms with Gasteiger partial charge >= 0.3 is 0 Å². The van der Waals surface area contributed by atoms with Gasteiger partial charge in [0.2, 0.25) is 0 Å². The zero-order chi connectivity index (χ0) is 40.3. The second-order valence-electron chi connectivity index (χ2n) is 18.2. The molecule has 3 rings (SSSR count). The highest BCUT2D eigenvalue weighted by atomic mass is 15.2. The van der Waals surface area contributed by atoms with Crippen LogP contribution in [0.4, 0.5) is 0 Å². The Balaban J connectivity index is 1.42. The van der Waals surface area contributed by atoms with E-state index in [2.05, 4.69) is 103 Å². The van der Waals surface area contributed by atoms with E-state index in [1.54, 1.807) is 5.82 Å². The first-order valence-corrected chi connectivity index (χ1v) is 25.4. The van der Waals surface area contributed by atoms with Crippen LogP contribution in [0.1, 0.15) is 255 Å². The average molecular weight is 782 g/mol. The Morgan fingerprint density at radius 3 is 1.32 bits per heavy atom. The first-order valence-electron chi connectivity index (χ1n) is 25.4. The summed E-state index contributed by atoms with van der Waals surface area (Å²) < 4.78 is 5.33. The number of benzene rings is 2. The molecule has 0 amide bonds. The molecule has 0 aliphatic heterocycles. The van der Waals surface area contributed by atoms with Gasteiger partial charge in [-0.15, -0.1) is 0 Å². The molecule has 0 fully saturated rings. The van der Waals surface area contributed by atoms with Crippen LogP contribution >= 0.6 is 0 Å². The zero-order valence-electron chi connectivity index (χ0n) is 38.2. The molecule has 0 aliphatic carbocycles. The summed E-state index contributed by atoms with van der Waals surface area (Å²) in [6.45, 7) is 8.28. The number of unbranched alkanes of at least 4 members (excludes halogenated alkanes) is 28. The highest BCUT2D eigenvalue weighted by Gasteiger charge is 2.23. The summed E-state index contributed by atoms with van der Waals surface area (Å²) in [5.74, 6) is 2.09. The van der Waals surface area contributed by atoms with Gasteiger partial charge < -0.3 is 0 Å². The molecule has 0 aliphatic rings. The van der Waals surface area contributed by atoms with E-state index in [0.717, 1.165) is 12.8 Å². The van der Waals surface area contributed by atoms with Gasteiger partial charge in [-0.2, -0.15) is 0 Å². The molecule has 1 aromatic heterocycles. The van der Waals surface area contributed by atoms with Crippen LogP contribution in [0.3, 0.4) is 0 Å². The van der Waals surface area contributed by atoms with Crippen molar-refractivity contribution in [3.8, 4) is 0 Å². The van der Waals surface area contributed by atoms with Gasteiger partial charge in [0.05, 0.1) is 12.6 Å². The third-order valence-electron chi connectivity index (χ3n) is 13.1. The van der Waals surface area contributed by atoms with Crippen molar-refractivity contribution in [2.45, 2.75) is 258 Å². The Bertz CT molecular complexity index is 1280. The summed E-state index contributed by atoms with van der Waals surface area (Å²) in [4.78, 5) is 0. The molecule has 0 spiro atoms. The molecule has 2 atom stereocenters. The van der Waals surface area contributed by atoms with Gasteiger partial charge in [-0.25, -0.2) is 9.13 Å². The van der Waals surface area contributed by atoms with Crippen molar-refractivity contribution >= 4 is 0 Å². The van der Waals surface area contributed by atoms with Crippen LogP contribution in [0.25, 0.3) is 0 Å². The lowest BCUT2D eigenvalue weighted by Crippen LogP contribution is -2.38. The van der Waals surface area contributed by atoms with Gasteiger partial charge in [0, 0.05) is 6.42 Å². The molecule has 1 heterocycles. The van der Waals surface area contributed by atoms with Crippen LogP contribution in [0.5, 0.6) is 0 Å². The molecule has 0 bridgehead atoms. The summed E-state index contributed by atoms with van der Waals surface area (Å²) in [5.41, 5.74) is 2.94. The number of aromatic nitrogens is 2. The van der Waals surface area contributed by atoms with Crippen LogP contribution < -0.4 is 4.57 Å². The maximum Gasteiger partial charge on any atom is 0.256 e. The van der Waals surface area contributed by atoms with Crippen molar-refractivity contribution in [2.75, 3.05) is 0 Å². The molecule has 2 unspecified atom stereocenters. The minimum Gasteiger partial charge on any atom is -0.234 e. The van der Waals surface area contributed by atoms with Crippen LogP contribution in [0, 0.1) is 0 Å². The molecule has 0 radical (unpaired) electrons. The van der Waals surface area contributed by atoms with Crippen LogP contribution in [0.15, 0.2) is 73.1 Å². The molecule has 2 aromatic carbocycles. The predicted molar refractivity (Wildman–Crippen MR) is 251 cm³/mol. The quantitative estimate of drug-likeness (QED) is 0.0403. The normalized spacial score (nSPS) is 12.7. The minimum atomic E-state index is 0.530. The lowest BCUT2D eigenvalue weighted by Gasteiger charge is -2.18. The smallest absolute Gasteiger partial charge is 0.234 e. The number of hydrogen-bond acceptors (Lipinski definition) is 0. The van der Waals surface area contributed by atoms with E-state index in [1.807, 2.05) is 0 Å². The van der Waals surface area contributed by atoms with Gasteiger partial charge in [0.1, 0.15) is 12.4 Å². The monoisotopic (exact) mass is 782 g/mol. The van der Waals surface area contributed by atoms with Crippen LogP contribution in [-0.2, 0) is 19.4 Å². The maximum atomic E-state index is 2.68. The first kappa shape index (κ1) is 49.0. The fraction of sp³-hybridized carbons (Fsp3) is 0.727. The summed E-state index contributed by atoms with van der Waals surface area (Å²) in [6, 6.07) is 23.1. The third-order valence-corrected chi connectivity index (χ3v) is 13.1. The fourth-order valence-electron chi connectivity index (χ4n) is 9.27. The molecule has 0 saturated carbocycles. The zero-order valence-corrected chi connectivity index (χ0v) is 38.2. The van der Waals surface area contributed by atoms with Crippen molar-refractivity contribution in [1.29, 1.82) is 0 Å². The number of hydrogen-bond donors (Lipinski definition) is 0. The molecule has 0 saturated heterocycles. The minimum absolute atomic E-state index is 0.530. The highest BCUT2D eigenvalue weighted by Crippen LogP contribution is 2.27. The van der Waals surface area contributed by atoms with Gasteiger partial charge in [-0.05, 0) is 62.5 Å². The number of nitrogens with zero attached hydrogens (tertiary/aromatic N) is 2. The molecule has 0 N–H and O–H groups in total. The van der Waals surface area contributed by atoms with E-state index >= 15 is 0 Å². The molecule has 2 nitrogen and oxygen atoms in total. The van der Waals surface area contributed by atoms with Gasteiger partial charge in [-0.3, -0.25) is 0 Å². The lowest BCUT2D eigenvalue weighted by molar-refractivity contribution is -0.704. The first-order chi connectivity index (χ1) is 28.2. The maximum absolute atomic E-state index is 2.68. The molecular weight excluding hydrogens is 689 g/mol. The molecule has 3 aromatic rings. The largest absolute Gasteiger partial charge is 0.256 e. The van der Waals surface area contributed by atoms with Gasteiger partial charge in [0.15, 0.2) is 0 Å². The Labute approximate surface area is 355 Å². The average Bonchev–Trinajstić information content (AvgIpc) is 3.65. The van der Waals surface area contributed by atoms with Crippen LogP contribution in [0.2, 0.25) is 0 Å². The third kappa shape index (κ3) is 23.7. The SMILES string of the molecule is CCCCCCCCCCCCCCCCCCC[n+]1ccn(C(C)CCCCCCCCCCCCCCC)c1CCC(Cc1ccccc1)c1ccccc1. The summed E-state index contributed by atoms with van der Waals surface area (Å²) >= 11 is 0. The van der Waals surface area contributed by atoms with E-state index in [4.69, 9.17) is 0 Å². The molecule has 57 heavy (non-hydrogen) atoms. The molecule has 322 valence electrons. The lowest BCUT2D eigenvalue weighted by atomic mass is 9.88. The second kappa shape index (κ2) is 34.5. The standard InChI is InChI=1S/C55H93N2/c1-4-6-8-10-12-14-16-18-19-20-21-23-25-27-29-31-39-47-56-48-49-57(51(3)40-34-30-28-26-24-22-17-15-13-11-9-7-5-2)55(56)46-45-54(53-43-37-33-38-44-53)50-52-41-35-32-36-42-52/h32-33,35-38,41-44,48-49,51,54H,4-31,34,39-40,45-47,50H2,1-3H3/q+1. The topological polar surface area (TPSA) is 8.81 Å². The predicted octanol–water partition coefficient (Wildman–Crippen LogP) is 17.4. The van der Waals surface area contributed by atoms with Gasteiger partial charge in [0.25, 0.3) is 5.82 Å². The fourth-order valence-corrected chi connectivity index (χ4v) is 9.27. The van der Waals surface area contributed by atoms with E-state index < -0.39 is 0 Å². The van der Waals surface area contributed by atoms with E-state index in [-0.39, 0.29) is 0 Å². The van der Waals surface area contributed by atoms with Gasteiger partial charge in [-0.1, -0.05) is 248 Å². The Hall–Kier alpha value is -2.35. The summed E-state index contributed by atoms with van der Waals surface area (Å²) in [5, 5.41) is 0. The Kier molecular flexibility index (Phi) is 29.7. The summed E-state index contributed by atoms with van der Waals surface area (Å²) in [7, 11) is 0. The molecular formula is C55H93N2+. The molecule has 2 heteroatoms. The number of aryl methyl sites for hydroxylation is 1. The van der Waals surface area contributed by atoms with Crippen molar-refractivity contribution < 1.29 is 4.57 Å². The second-order valence-corrected chi connectivity index (χ2v) is 18.2. The van der Waals surface area contributed by atoms with Crippen LogP contribution in [-0.4, -0.2) is 4.57 Å². The Morgan fingerprint density at radius 1 is 0.456 bits per heavy atom.